The van der Waals surface area contributed by atoms with E-state index in [-0.39, 0.29) is 12.5 Å². The van der Waals surface area contributed by atoms with E-state index in [1.807, 2.05) is 62.4 Å². The van der Waals surface area contributed by atoms with Crippen molar-refractivity contribution in [1.29, 1.82) is 0 Å². The van der Waals surface area contributed by atoms with E-state index >= 15 is 0 Å². The summed E-state index contributed by atoms with van der Waals surface area (Å²) in [5, 5.41) is 5.65. The van der Waals surface area contributed by atoms with Crippen molar-refractivity contribution in [1.82, 2.24) is 5.32 Å². The van der Waals surface area contributed by atoms with Gasteiger partial charge in [-0.05, 0) is 79.4 Å². The van der Waals surface area contributed by atoms with E-state index in [2.05, 4.69) is 24.5 Å². The summed E-state index contributed by atoms with van der Waals surface area (Å²) in [5.74, 6) is 0.154. The van der Waals surface area contributed by atoms with Crippen LogP contribution in [0.1, 0.15) is 55.2 Å². The van der Waals surface area contributed by atoms with Crippen molar-refractivity contribution in [3.63, 3.8) is 0 Å². The molecule has 0 fully saturated rings. The van der Waals surface area contributed by atoms with Gasteiger partial charge in [-0.3, -0.25) is 19.3 Å². The van der Waals surface area contributed by atoms with E-state index in [4.69, 9.17) is 9.15 Å². The van der Waals surface area contributed by atoms with Crippen molar-refractivity contribution in [2.75, 3.05) is 16.8 Å². The Hall–Kier alpha value is -5.11. The van der Waals surface area contributed by atoms with E-state index in [0.717, 1.165) is 11.1 Å². The lowest BCUT2D eigenvalue weighted by Gasteiger charge is -2.31. The molecule has 4 aromatic rings. The first-order chi connectivity index (χ1) is 20.7. The molecule has 4 rings (SSSR count). The van der Waals surface area contributed by atoms with Gasteiger partial charge < -0.3 is 19.8 Å². The third-order valence-corrected chi connectivity index (χ3v) is 6.80. The van der Waals surface area contributed by atoms with Gasteiger partial charge in [0.15, 0.2) is 0 Å². The Bertz CT molecular complexity index is 1520. The van der Waals surface area contributed by atoms with Crippen LogP contribution in [-0.4, -0.2) is 24.3 Å². The van der Waals surface area contributed by atoms with Crippen LogP contribution in [0.5, 0.6) is 5.75 Å². The zero-order chi connectivity index (χ0) is 30.8. The molecule has 0 saturated carbocycles. The number of carbonyl (C=O) groups excluding carboxylic acids is 3. The number of nitrogens with zero attached hydrogens (tertiary/aromatic N) is 1. The molecule has 0 aliphatic heterocycles. The molecule has 222 valence electrons. The van der Waals surface area contributed by atoms with Gasteiger partial charge in [-0.15, -0.1) is 0 Å². The molecular formula is C35H37N3O5. The molecule has 0 saturated heterocycles. The molecule has 1 heterocycles. The van der Waals surface area contributed by atoms with Gasteiger partial charge in [0, 0.05) is 23.5 Å². The molecule has 43 heavy (non-hydrogen) atoms. The second-order valence-corrected chi connectivity index (χ2v) is 10.3. The smallest absolute Gasteiger partial charge is 0.252 e. The van der Waals surface area contributed by atoms with Crippen molar-refractivity contribution in [3.8, 4) is 5.75 Å². The highest BCUT2D eigenvalue weighted by atomic mass is 16.5. The van der Waals surface area contributed by atoms with E-state index in [1.54, 1.807) is 36.4 Å². The second-order valence-electron chi connectivity index (χ2n) is 10.3. The lowest BCUT2D eigenvalue weighted by molar-refractivity contribution is -0.125. The second kappa shape index (κ2) is 14.7. The maximum absolute atomic E-state index is 13.9. The quantitative estimate of drug-likeness (QED) is 0.182. The Kier molecular flexibility index (Phi) is 10.5. The largest absolute Gasteiger partial charge is 0.494 e. The van der Waals surface area contributed by atoms with Gasteiger partial charge >= 0.3 is 0 Å². The third kappa shape index (κ3) is 8.45. The van der Waals surface area contributed by atoms with Gasteiger partial charge in [-0.2, -0.15) is 0 Å². The van der Waals surface area contributed by atoms with Gasteiger partial charge in [-0.1, -0.05) is 55.8 Å². The average Bonchev–Trinajstić information content (AvgIpc) is 3.53. The number of furan rings is 1. The number of hydrogen-bond donors (Lipinski definition) is 2. The Labute approximate surface area is 252 Å². The highest BCUT2D eigenvalue weighted by Crippen LogP contribution is 2.30. The topological polar surface area (TPSA) is 101 Å². The zero-order valence-corrected chi connectivity index (χ0v) is 24.9. The van der Waals surface area contributed by atoms with E-state index < -0.39 is 23.8 Å². The number of rotatable bonds is 12. The van der Waals surface area contributed by atoms with Gasteiger partial charge in [0.05, 0.1) is 19.4 Å². The fourth-order valence-corrected chi connectivity index (χ4v) is 4.49. The van der Waals surface area contributed by atoms with E-state index in [9.17, 15) is 14.4 Å². The first-order valence-corrected chi connectivity index (χ1v) is 14.3. The van der Waals surface area contributed by atoms with Gasteiger partial charge in [-0.25, -0.2) is 0 Å². The average molecular weight is 580 g/mol. The van der Waals surface area contributed by atoms with Crippen LogP contribution in [-0.2, 0) is 20.9 Å². The minimum atomic E-state index is -1.02. The number of ether oxygens (including phenoxy) is 1. The maximum atomic E-state index is 13.9. The standard InChI is InChI=1S/C35H37N3O5/c1-5-42-30-18-14-28(15-19-30)37-32(39)20-21-33(40)38(29-16-12-26(13-17-29)24(2)3)34(27-10-8-25(4)9-11-27)35(41)36-23-31-7-6-22-43-31/h6-22,24,34H,5,23H2,1-4H3,(H,36,41)(H,37,39). The van der Waals surface area contributed by atoms with Crippen LogP contribution in [0.25, 0.3) is 0 Å². The van der Waals surface area contributed by atoms with Crippen molar-refractivity contribution in [3.05, 3.63) is 126 Å². The van der Waals surface area contributed by atoms with Crippen molar-refractivity contribution in [2.24, 2.45) is 0 Å². The van der Waals surface area contributed by atoms with Crippen LogP contribution in [0.4, 0.5) is 11.4 Å². The molecule has 8 heteroatoms. The molecule has 3 amide bonds. The highest BCUT2D eigenvalue weighted by molar-refractivity contribution is 6.10. The van der Waals surface area contributed by atoms with Crippen LogP contribution in [0.3, 0.4) is 0 Å². The Morgan fingerprint density at radius 2 is 1.56 bits per heavy atom. The molecule has 0 aliphatic rings. The molecule has 1 aromatic heterocycles. The van der Waals surface area contributed by atoms with Crippen molar-refractivity contribution >= 4 is 29.1 Å². The van der Waals surface area contributed by atoms with Gasteiger partial charge in [0.1, 0.15) is 17.6 Å². The minimum Gasteiger partial charge on any atom is -0.494 e. The monoisotopic (exact) mass is 579 g/mol. The highest BCUT2D eigenvalue weighted by Gasteiger charge is 2.32. The molecule has 1 unspecified atom stereocenters. The molecule has 2 N–H and O–H groups in total. The first-order valence-electron chi connectivity index (χ1n) is 14.3. The van der Waals surface area contributed by atoms with Crippen LogP contribution in [0, 0.1) is 6.92 Å². The molecule has 0 spiro atoms. The molecule has 1 atom stereocenters. The van der Waals surface area contributed by atoms with Crippen LogP contribution >= 0.6 is 0 Å². The number of aryl methyl sites for hydroxylation is 1. The summed E-state index contributed by atoms with van der Waals surface area (Å²) >= 11 is 0. The number of carbonyl (C=O) groups is 3. The summed E-state index contributed by atoms with van der Waals surface area (Å²) in [6.45, 7) is 8.71. The van der Waals surface area contributed by atoms with Crippen LogP contribution in [0.15, 0.2) is 108 Å². The third-order valence-electron chi connectivity index (χ3n) is 6.80. The van der Waals surface area contributed by atoms with E-state index in [1.165, 1.54) is 23.3 Å². The summed E-state index contributed by atoms with van der Waals surface area (Å²) in [4.78, 5) is 41.9. The summed E-state index contributed by atoms with van der Waals surface area (Å²) in [7, 11) is 0. The van der Waals surface area contributed by atoms with Crippen molar-refractivity contribution < 1.29 is 23.5 Å². The lowest BCUT2D eigenvalue weighted by atomic mass is 9.99. The lowest BCUT2D eigenvalue weighted by Crippen LogP contribution is -2.43. The normalized spacial score (nSPS) is 11.7. The molecular weight excluding hydrogens is 542 g/mol. The molecule has 0 aliphatic carbocycles. The minimum absolute atomic E-state index is 0.156. The predicted octanol–water partition coefficient (Wildman–Crippen LogP) is 6.70. The van der Waals surface area contributed by atoms with Crippen molar-refractivity contribution in [2.45, 2.75) is 46.2 Å². The number of benzene rings is 3. The fourth-order valence-electron chi connectivity index (χ4n) is 4.49. The molecule has 3 aromatic carbocycles. The maximum Gasteiger partial charge on any atom is 0.252 e. The van der Waals surface area contributed by atoms with Gasteiger partial charge in [0.25, 0.3) is 5.91 Å². The number of nitrogens with one attached hydrogen (secondary N) is 2. The molecule has 0 bridgehead atoms. The summed E-state index contributed by atoms with van der Waals surface area (Å²) in [6, 6.07) is 24.4. The summed E-state index contributed by atoms with van der Waals surface area (Å²) in [6.07, 6.45) is 3.89. The summed E-state index contributed by atoms with van der Waals surface area (Å²) in [5.41, 5.74) is 3.81. The molecule has 0 radical (unpaired) electrons. The fraction of sp³-hybridized carbons (Fsp3) is 0.229. The summed E-state index contributed by atoms with van der Waals surface area (Å²) < 4.78 is 10.8. The molecule has 8 nitrogen and oxygen atoms in total. The number of anilines is 2. The predicted molar refractivity (Wildman–Crippen MR) is 168 cm³/mol. The Balaban J connectivity index is 1.65. The van der Waals surface area contributed by atoms with Crippen LogP contribution < -0.4 is 20.3 Å². The number of hydrogen-bond acceptors (Lipinski definition) is 5. The number of amides is 3. The Morgan fingerprint density at radius 1 is 0.884 bits per heavy atom. The van der Waals surface area contributed by atoms with E-state index in [0.29, 0.717) is 35.1 Å². The van der Waals surface area contributed by atoms with Crippen LogP contribution in [0.2, 0.25) is 0 Å². The first kappa shape index (κ1) is 30.8. The SMILES string of the molecule is CCOc1ccc(NC(=O)C=CC(=O)N(c2ccc(C(C)C)cc2)C(C(=O)NCc2ccco2)c2ccc(C)cc2)cc1. The zero-order valence-electron chi connectivity index (χ0n) is 24.9. The Morgan fingerprint density at radius 3 is 2.16 bits per heavy atom. The van der Waals surface area contributed by atoms with Gasteiger partial charge in [0.2, 0.25) is 11.8 Å².